The average molecular weight is 255 g/mol. The largest absolute Gasteiger partial charge is 0.319 e. The van der Waals surface area contributed by atoms with E-state index in [-0.39, 0.29) is 0 Å². The number of hydrogen-bond donors (Lipinski definition) is 1. The van der Waals surface area contributed by atoms with Gasteiger partial charge in [-0.2, -0.15) is 0 Å². The van der Waals surface area contributed by atoms with E-state index in [2.05, 4.69) is 22.4 Å². The summed E-state index contributed by atoms with van der Waals surface area (Å²) >= 11 is 1.78. The maximum atomic E-state index is 4.24. The van der Waals surface area contributed by atoms with Crippen LogP contribution in [0, 0.1) is 0 Å². The fourth-order valence-corrected chi connectivity index (χ4v) is 2.66. The first kappa shape index (κ1) is 14.6. The summed E-state index contributed by atoms with van der Waals surface area (Å²) < 4.78 is 0. The fourth-order valence-electron chi connectivity index (χ4n) is 1.78. The van der Waals surface area contributed by atoms with Crippen LogP contribution < -0.4 is 5.32 Å². The summed E-state index contributed by atoms with van der Waals surface area (Å²) in [5.41, 5.74) is 0. The van der Waals surface area contributed by atoms with Gasteiger partial charge in [-0.3, -0.25) is 0 Å². The second-order valence-electron chi connectivity index (χ2n) is 4.46. The molecule has 0 aromatic carbocycles. The van der Waals surface area contributed by atoms with Gasteiger partial charge in [0.25, 0.3) is 0 Å². The highest BCUT2D eigenvalue weighted by Crippen LogP contribution is 2.14. The highest BCUT2D eigenvalue weighted by Gasteiger charge is 2.03. The Kier molecular flexibility index (Phi) is 8.18. The lowest BCUT2D eigenvalue weighted by Gasteiger charge is -1.98. The summed E-state index contributed by atoms with van der Waals surface area (Å²) in [6.07, 6.45) is 10.2. The number of likely N-dealkylation sites (N-methyl/N-ethyl adjacent to an activating group) is 1. The van der Waals surface area contributed by atoms with E-state index >= 15 is 0 Å². The van der Waals surface area contributed by atoms with Gasteiger partial charge in [0.15, 0.2) is 0 Å². The molecular formula is C13H25N3S. The molecule has 0 fully saturated rings. The SMILES string of the molecule is CCCCCCCCc1nnc(CCNC)s1. The van der Waals surface area contributed by atoms with Gasteiger partial charge in [-0.05, 0) is 13.5 Å². The van der Waals surface area contributed by atoms with E-state index in [1.807, 2.05) is 7.05 Å². The van der Waals surface area contributed by atoms with Crippen LogP contribution in [0.15, 0.2) is 0 Å². The van der Waals surface area contributed by atoms with Crippen LogP contribution in [-0.4, -0.2) is 23.8 Å². The van der Waals surface area contributed by atoms with E-state index in [0.717, 1.165) is 19.4 Å². The van der Waals surface area contributed by atoms with Crippen molar-refractivity contribution in [1.82, 2.24) is 15.5 Å². The van der Waals surface area contributed by atoms with E-state index in [0.29, 0.717) is 0 Å². The molecule has 0 saturated carbocycles. The molecule has 0 unspecified atom stereocenters. The van der Waals surface area contributed by atoms with Crippen molar-refractivity contribution in [1.29, 1.82) is 0 Å². The third kappa shape index (κ3) is 6.74. The first-order valence-corrected chi connectivity index (χ1v) is 7.64. The molecule has 98 valence electrons. The first-order chi connectivity index (χ1) is 8.36. The number of aromatic nitrogens is 2. The number of hydrogen-bond acceptors (Lipinski definition) is 4. The standard InChI is InChI=1S/C13H25N3S/c1-3-4-5-6-7-8-9-12-15-16-13(17-12)10-11-14-2/h14H,3-11H2,1-2H3. The third-order valence-corrected chi connectivity index (χ3v) is 3.88. The van der Waals surface area contributed by atoms with Gasteiger partial charge in [-0.15, -0.1) is 21.5 Å². The molecule has 17 heavy (non-hydrogen) atoms. The topological polar surface area (TPSA) is 37.8 Å². The second-order valence-corrected chi connectivity index (χ2v) is 5.61. The van der Waals surface area contributed by atoms with Gasteiger partial charge >= 0.3 is 0 Å². The minimum Gasteiger partial charge on any atom is -0.319 e. The van der Waals surface area contributed by atoms with Gasteiger partial charge in [-0.25, -0.2) is 0 Å². The highest BCUT2D eigenvalue weighted by molar-refractivity contribution is 7.11. The number of nitrogens with zero attached hydrogens (tertiary/aromatic N) is 2. The molecule has 0 amide bonds. The van der Waals surface area contributed by atoms with Crippen molar-refractivity contribution < 1.29 is 0 Å². The van der Waals surface area contributed by atoms with Crippen LogP contribution in [0.5, 0.6) is 0 Å². The molecule has 4 heteroatoms. The minimum atomic E-state index is 0.992. The fraction of sp³-hybridized carbons (Fsp3) is 0.846. The summed E-state index contributed by atoms with van der Waals surface area (Å²) in [5.74, 6) is 0. The lowest BCUT2D eigenvalue weighted by atomic mass is 10.1. The Labute approximate surface area is 109 Å². The molecular weight excluding hydrogens is 230 g/mol. The van der Waals surface area contributed by atoms with E-state index < -0.39 is 0 Å². The molecule has 1 heterocycles. The number of unbranched alkanes of at least 4 members (excludes halogenated alkanes) is 5. The lowest BCUT2D eigenvalue weighted by molar-refractivity contribution is 0.606. The normalized spacial score (nSPS) is 10.9. The molecule has 0 aliphatic rings. The molecule has 1 N–H and O–H groups in total. The predicted molar refractivity (Wildman–Crippen MR) is 74.6 cm³/mol. The molecule has 0 aliphatic carbocycles. The summed E-state index contributed by atoms with van der Waals surface area (Å²) in [5, 5.41) is 14.0. The molecule has 0 radical (unpaired) electrons. The van der Waals surface area contributed by atoms with Crippen LogP contribution in [-0.2, 0) is 12.8 Å². The molecule has 0 aliphatic heterocycles. The van der Waals surface area contributed by atoms with E-state index in [9.17, 15) is 0 Å². The van der Waals surface area contributed by atoms with Crippen LogP contribution in [0.1, 0.15) is 55.5 Å². The Balaban J connectivity index is 2.08. The van der Waals surface area contributed by atoms with Crippen molar-refractivity contribution in [3.63, 3.8) is 0 Å². The van der Waals surface area contributed by atoms with Crippen LogP contribution in [0.2, 0.25) is 0 Å². The van der Waals surface area contributed by atoms with Crippen molar-refractivity contribution >= 4 is 11.3 Å². The highest BCUT2D eigenvalue weighted by atomic mass is 32.1. The second kappa shape index (κ2) is 9.54. The predicted octanol–water partition coefficient (Wildman–Crippen LogP) is 3.20. The number of nitrogens with one attached hydrogen (secondary N) is 1. The maximum Gasteiger partial charge on any atom is 0.118 e. The van der Waals surface area contributed by atoms with Crippen LogP contribution in [0.3, 0.4) is 0 Å². The van der Waals surface area contributed by atoms with Gasteiger partial charge in [0.05, 0.1) is 0 Å². The van der Waals surface area contributed by atoms with Gasteiger partial charge in [0.2, 0.25) is 0 Å². The van der Waals surface area contributed by atoms with Gasteiger partial charge in [0, 0.05) is 19.4 Å². The zero-order chi connectivity index (χ0) is 12.3. The van der Waals surface area contributed by atoms with Gasteiger partial charge < -0.3 is 5.32 Å². The van der Waals surface area contributed by atoms with E-state index in [1.165, 1.54) is 48.5 Å². The molecule has 1 aromatic rings. The van der Waals surface area contributed by atoms with Crippen molar-refractivity contribution in [2.75, 3.05) is 13.6 Å². The average Bonchev–Trinajstić information content (AvgIpc) is 2.79. The van der Waals surface area contributed by atoms with Gasteiger partial charge in [0.1, 0.15) is 10.0 Å². The minimum absolute atomic E-state index is 0.992. The third-order valence-electron chi connectivity index (χ3n) is 2.84. The van der Waals surface area contributed by atoms with E-state index in [4.69, 9.17) is 0 Å². The van der Waals surface area contributed by atoms with Crippen molar-refractivity contribution in [2.24, 2.45) is 0 Å². The lowest BCUT2D eigenvalue weighted by Crippen LogP contribution is -2.09. The summed E-state index contributed by atoms with van der Waals surface area (Å²) in [7, 11) is 1.97. The Bertz CT molecular complexity index is 286. The quantitative estimate of drug-likeness (QED) is 0.652. The monoisotopic (exact) mass is 255 g/mol. The van der Waals surface area contributed by atoms with E-state index in [1.54, 1.807) is 11.3 Å². The molecule has 0 spiro atoms. The Hall–Kier alpha value is -0.480. The summed E-state index contributed by atoms with van der Waals surface area (Å²) in [6, 6.07) is 0. The molecule has 1 rings (SSSR count). The Morgan fingerprint density at radius 1 is 0.941 bits per heavy atom. The van der Waals surface area contributed by atoms with Crippen molar-refractivity contribution in [3.05, 3.63) is 10.0 Å². The maximum absolute atomic E-state index is 4.24. The zero-order valence-electron chi connectivity index (χ0n) is 11.2. The molecule has 0 atom stereocenters. The molecule has 1 aromatic heterocycles. The zero-order valence-corrected chi connectivity index (χ0v) is 12.0. The molecule has 0 bridgehead atoms. The summed E-state index contributed by atoms with van der Waals surface area (Å²) in [6.45, 7) is 3.25. The van der Waals surface area contributed by atoms with Crippen LogP contribution in [0.25, 0.3) is 0 Å². The number of aryl methyl sites for hydroxylation is 1. The number of rotatable bonds is 10. The smallest absolute Gasteiger partial charge is 0.118 e. The van der Waals surface area contributed by atoms with Crippen LogP contribution >= 0.6 is 11.3 Å². The molecule has 0 saturated heterocycles. The Morgan fingerprint density at radius 3 is 2.29 bits per heavy atom. The van der Waals surface area contributed by atoms with Crippen molar-refractivity contribution in [3.8, 4) is 0 Å². The van der Waals surface area contributed by atoms with Crippen LogP contribution in [0.4, 0.5) is 0 Å². The molecule has 3 nitrogen and oxygen atoms in total. The summed E-state index contributed by atoms with van der Waals surface area (Å²) in [4.78, 5) is 0. The van der Waals surface area contributed by atoms with Gasteiger partial charge in [-0.1, -0.05) is 39.0 Å². The van der Waals surface area contributed by atoms with Crippen molar-refractivity contribution in [2.45, 2.75) is 58.3 Å². The first-order valence-electron chi connectivity index (χ1n) is 6.82. The Morgan fingerprint density at radius 2 is 1.59 bits per heavy atom.